The molecule has 0 bridgehead atoms. The van der Waals surface area contributed by atoms with Crippen molar-refractivity contribution >= 4 is 74.7 Å². The minimum absolute atomic E-state index is 0.0150. The number of carboxylic acids is 1. The van der Waals surface area contributed by atoms with Crippen LogP contribution in [-0.2, 0) is 16.2 Å². The molecule has 0 unspecified atom stereocenters. The summed E-state index contributed by atoms with van der Waals surface area (Å²) < 4.78 is 6.60. The number of benzene rings is 3. The van der Waals surface area contributed by atoms with Crippen molar-refractivity contribution in [3.63, 3.8) is 0 Å². The Labute approximate surface area is 223 Å². The summed E-state index contributed by atoms with van der Waals surface area (Å²) in [5.74, 6) is -2.63. The lowest BCUT2D eigenvalue weighted by atomic mass is 10.1. The van der Waals surface area contributed by atoms with Gasteiger partial charge in [-0.2, -0.15) is 0 Å². The molecule has 0 spiro atoms. The second kappa shape index (κ2) is 10.5. The van der Waals surface area contributed by atoms with Crippen LogP contribution in [0.2, 0.25) is 10.0 Å². The SMILES string of the molecule is O=C1NC(=O)N(c2ccc(Br)cc2)C(=O)/C1=C/c1cc(Cl)cc(Cl)c1OCc1ccc(C(=O)O)cc1. The van der Waals surface area contributed by atoms with Crippen molar-refractivity contribution in [1.29, 1.82) is 0 Å². The number of hydrogen-bond acceptors (Lipinski definition) is 5. The van der Waals surface area contributed by atoms with Gasteiger partial charge in [-0.25, -0.2) is 14.5 Å². The molecule has 1 aliphatic heterocycles. The molecule has 182 valence electrons. The average Bonchev–Trinajstić information content (AvgIpc) is 2.82. The molecule has 4 rings (SSSR count). The summed E-state index contributed by atoms with van der Waals surface area (Å²) in [6, 6.07) is 14.5. The lowest BCUT2D eigenvalue weighted by Crippen LogP contribution is -2.54. The third kappa shape index (κ3) is 5.43. The van der Waals surface area contributed by atoms with Gasteiger partial charge in [0.2, 0.25) is 0 Å². The van der Waals surface area contributed by atoms with E-state index in [1.165, 1.54) is 30.3 Å². The first kappa shape index (κ1) is 25.4. The van der Waals surface area contributed by atoms with E-state index >= 15 is 0 Å². The van der Waals surface area contributed by atoms with Crippen LogP contribution in [0, 0.1) is 0 Å². The van der Waals surface area contributed by atoms with Crippen LogP contribution in [0.3, 0.4) is 0 Å². The quantitative estimate of drug-likeness (QED) is 0.282. The molecule has 11 heteroatoms. The van der Waals surface area contributed by atoms with Crippen molar-refractivity contribution in [2.45, 2.75) is 6.61 Å². The fourth-order valence-electron chi connectivity index (χ4n) is 3.38. The fraction of sp³-hybridized carbons (Fsp3) is 0.0400. The summed E-state index contributed by atoms with van der Waals surface area (Å²) >= 11 is 15.8. The van der Waals surface area contributed by atoms with Gasteiger partial charge >= 0.3 is 12.0 Å². The molecule has 1 saturated heterocycles. The maximum atomic E-state index is 13.2. The number of anilines is 1. The van der Waals surface area contributed by atoms with Crippen LogP contribution >= 0.6 is 39.1 Å². The van der Waals surface area contributed by atoms with Crippen LogP contribution in [0.25, 0.3) is 6.08 Å². The van der Waals surface area contributed by atoms with Crippen LogP contribution in [0.4, 0.5) is 10.5 Å². The van der Waals surface area contributed by atoms with Gasteiger partial charge in [0.25, 0.3) is 11.8 Å². The summed E-state index contributed by atoms with van der Waals surface area (Å²) in [7, 11) is 0. The molecule has 3 aromatic rings. The van der Waals surface area contributed by atoms with Gasteiger partial charge in [-0.1, -0.05) is 51.3 Å². The normalized spacial score (nSPS) is 14.7. The number of aromatic carboxylic acids is 1. The molecule has 0 radical (unpaired) electrons. The highest BCUT2D eigenvalue weighted by Gasteiger charge is 2.37. The monoisotopic (exact) mass is 588 g/mol. The van der Waals surface area contributed by atoms with Gasteiger partial charge in [0.15, 0.2) is 0 Å². The van der Waals surface area contributed by atoms with E-state index in [2.05, 4.69) is 21.2 Å². The minimum atomic E-state index is -1.05. The summed E-state index contributed by atoms with van der Waals surface area (Å²) in [5.41, 5.74) is 0.956. The Morgan fingerprint density at radius 2 is 1.69 bits per heavy atom. The number of carbonyl (C=O) groups excluding carboxylic acids is 3. The summed E-state index contributed by atoms with van der Waals surface area (Å²) in [5, 5.41) is 11.6. The van der Waals surface area contributed by atoms with E-state index in [0.717, 1.165) is 9.37 Å². The van der Waals surface area contributed by atoms with Gasteiger partial charge in [0.1, 0.15) is 17.9 Å². The molecule has 1 aliphatic rings. The van der Waals surface area contributed by atoms with Gasteiger partial charge in [-0.15, -0.1) is 0 Å². The third-order valence-electron chi connectivity index (χ3n) is 5.11. The Morgan fingerprint density at radius 3 is 2.33 bits per heavy atom. The fourth-order valence-corrected chi connectivity index (χ4v) is 4.20. The van der Waals surface area contributed by atoms with E-state index in [4.69, 9.17) is 33.0 Å². The van der Waals surface area contributed by atoms with Crippen molar-refractivity contribution in [2.75, 3.05) is 4.90 Å². The number of barbiturate groups is 1. The Balaban J connectivity index is 1.67. The van der Waals surface area contributed by atoms with Gasteiger partial charge in [-0.05, 0) is 60.2 Å². The predicted octanol–water partition coefficient (Wildman–Crippen LogP) is 5.70. The second-order valence-electron chi connectivity index (χ2n) is 7.53. The highest BCUT2D eigenvalue weighted by atomic mass is 79.9. The Bertz CT molecular complexity index is 1420. The van der Waals surface area contributed by atoms with Crippen molar-refractivity contribution in [3.05, 3.63) is 97.4 Å². The number of ether oxygens (including phenoxy) is 1. The number of urea groups is 1. The zero-order chi connectivity index (χ0) is 26.0. The van der Waals surface area contributed by atoms with Gasteiger partial charge < -0.3 is 9.84 Å². The number of rotatable bonds is 6. The molecular weight excluding hydrogens is 575 g/mol. The van der Waals surface area contributed by atoms with Crippen molar-refractivity contribution < 1.29 is 29.0 Å². The topological polar surface area (TPSA) is 113 Å². The number of imide groups is 2. The van der Waals surface area contributed by atoms with Crippen LogP contribution < -0.4 is 15.0 Å². The molecule has 1 heterocycles. The molecule has 36 heavy (non-hydrogen) atoms. The predicted molar refractivity (Wildman–Crippen MR) is 137 cm³/mol. The highest BCUT2D eigenvalue weighted by molar-refractivity contribution is 9.10. The largest absolute Gasteiger partial charge is 0.487 e. The van der Waals surface area contributed by atoms with Crippen molar-refractivity contribution in [2.24, 2.45) is 0 Å². The van der Waals surface area contributed by atoms with E-state index < -0.39 is 23.8 Å². The molecule has 0 saturated carbocycles. The first-order valence-electron chi connectivity index (χ1n) is 10.2. The number of carboxylic acid groups (broad SMARTS) is 1. The minimum Gasteiger partial charge on any atom is -0.487 e. The number of halogens is 3. The van der Waals surface area contributed by atoms with Gasteiger partial charge in [-0.3, -0.25) is 14.9 Å². The number of amides is 4. The van der Waals surface area contributed by atoms with E-state index in [1.807, 2.05) is 0 Å². The maximum absolute atomic E-state index is 13.2. The smallest absolute Gasteiger partial charge is 0.335 e. The van der Waals surface area contributed by atoms with Crippen molar-refractivity contribution in [3.8, 4) is 5.75 Å². The highest BCUT2D eigenvalue weighted by Crippen LogP contribution is 2.35. The van der Waals surface area contributed by atoms with E-state index in [0.29, 0.717) is 5.56 Å². The number of hydrogen-bond donors (Lipinski definition) is 2. The summed E-state index contributed by atoms with van der Waals surface area (Å²) in [4.78, 5) is 50.1. The summed E-state index contributed by atoms with van der Waals surface area (Å²) in [6.45, 7) is 0.0150. The standard InChI is InChI=1S/C25H15BrCl2N2O6/c26-16-5-7-18(8-6-16)30-23(32)19(22(31)29-25(30)35)10-15-9-17(27)11-20(28)21(15)36-12-13-1-3-14(4-2-13)24(33)34/h1-11H,12H2,(H,33,34)(H,29,31,35)/b19-10+. The molecule has 1 fully saturated rings. The van der Waals surface area contributed by atoms with Crippen LogP contribution in [0.5, 0.6) is 5.75 Å². The Kier molecular flexibility index (Phi) is 7.44. The Hall–Kier alpha value is -3.66. The lowest BCUT2D eigenvalue weighted by molar-refractivity contribution is -0.122. The number of nitrogens with zero attached hydrogens (tertiary/aromatic N) is 1. The molecule has 0 aliphatic carbocycles. The van der Waals surface area contributed by atoms with Crippen LogP contribution in [0.15, 0.2) is 70.7 Å². The molecule has 0 atom stereocenters. The number of carbonyl (C=O) groups is 4. The van der Waals surface area contributed by atoms with Crippen LogP contribution in [0.1, 0.15) is 21.5 Å². The molecule has 8 nitrogen and oxygen atoms in total. The maximum Gasteiger partial charge on any atom is 0.335 e. The van der Waals surface area contributed by atoms with E-state index in [1.54, 1.807) is 36.4 Å². The third-order valence-corrected chi connectivity index (χ3v) is 6.14. The second-order valence-corrected chi connectivity index (χ2v) is 9.29. The number of nitrogens with one attached hydrogen (secondary N) is 1. The summed E-state index contributed by atoms with van der Waals surface area (Å²) in [6.07, 6.45) is 1.25. The first-order chi connectivity index (χ1) is 17.1. The lowest BCUT2D eigenvalue weighted by Gasteiger charge is -2.26. The zero-order valence-corrected chi connectivity index (χ0v) is 21.2. The molecule has 3 aromatic carbocycles. The van der Waals surface area contributed by atoms with Crippen molar-refractivity contribution in [1.82, 2.24) is 5.32 Å². The average molecular weight is 590 g/mol. The van der Waals surface area contributed by atoms with Gasteiger partial charge in [0, 0.05) is 15.1 Å². The van der Waals surface area contributed by atoms with E-state index in [9.17, 15) is 19.2 Å². The Morgan fingerprint density at radius 1 is 1.03 bits per heavy atom. The first-order valence-corrected chi connectivity index (χ1v) is 11.8. The van der Waals surface area contributed by atoms with Crippen LogP contribution in [-0.4, -0.2) is 28.9 Å². The molecule has 4 amide bonds. The molecular formula is C25H15BrCl2N2O6. The molecule has 2 N–H and O–H groups in total. The molecule has 0 aromatic heterocycles. The van der Waals surface area contributed by atoms with Gasteiger partial charge in [0.05, 0.1) is 16.3 Å². The van der Waals surface area contributed by atoms with E-state index in [-0.39, 0.29) is 44.8 Å². The zero-order valence-electron chi connectivity index (χ0n) is 18.1.